The summed E-state index contributed by atoms with van der Waals surface area (Å²) in [5.74, 6) is -0.737. The number of aryl methyl sites for hydroxylation is 1. The zero-order valence-electron chi connectivity index (χ0n) is 15.4. The number of benzene rings is 2. The summed E-state index contributed by atoms with van der Waals surface area (Å²) >= 11 is 1.27. The van der Waals surface area contributed by atoms with Gasteiger partial charge in [-0.05, 0) is 48.4 Å². The number of aromatic amines is 1. The van der Waals surface area contributed by atoms with Crippen LogP contribution in [-0.2, 0) is 4.79 Å². The number of carbonyl (C=O) groups excluding carboxylic acids is 1. The first kappa shape index (κ1) is 19.1. The number of nitrogens with zero attached hydrogens (tertiary/aromatic N) is 2. The van der Waals surface area contributed by atoms with Crippen LogP contribution in [-0.4, -0.2) is 26.6 Å². The zero-order chi connectivity index (χ0) is 20.4. The van der Waals surface area contributed by atoms with Crippen molar-refractivity contribution in [1.29, 1.82) is 0 Å². The van der Waals surface area contributed by atoms with Crippen molar-refractivity contribution in [2.45, 2.75) is 11.9 Å². The van der Waals surface area contributed by atoms with Crippen LogP contribution in [0.4, 0.5) is 14.5 Å². The number of aromatic nitrogens is 3. The lowest BCUT2D eigenvalue weighted by molar-refractivity contribution is -0.113. The predicted octanol–water partition coefficient (Wildman–Crippen LogP) is 4.94. The number of anilines is 1. The number of H-pyrrole nitrogens is 1. The topological polar surface area (TPSA) is 70.7 Å². The van der Waals surface area contributed by atoms with Gasteiger partial charge < -0.3 is 10.3 Å². The van der Waals surface area contributed by atoms with Gasteiger partial charge in [0.2, 0.25) is 5.91 Å². The highest BCUT2D eigenvalue weighted by molar-refractivity contribution is 8.00. The maximum Gasteiger partial charge on any atom is 0.234 e. The molecule has 4 rings (SSSR count). The normalized spacial score (nSPS) is 11.0. The molecule has 0 fully saturated rings. The van der Waals surface area contributed by atoms with Crippen molar-refractivity contribution in [2.24, 2.45) is 0 Å². The Hall–Kier alpha value is -3.26. The van der Waals surface area contributed by atoms with Crippen molar-refractivity contribution in [3.05, 3.63) is 72.2 Å². The Bertz CT molecular complexity index is 1190. The minimum absolute atomic E-state index is 0.133. The Morgan fingerprint density at radius 1 is 1.10 bits per heavy atom. The molecule has 5 nitrogen and oxygen atoms in total. The van der Waals surface area contributed by atoms with E-state index in [2.05, 4.69) is 20.3 Å². The molecule has 0 radical (unpaired) electrons. The summed E-state index contributed by atoms with van der Waals surface area (Å²) in [4.78, 5) is 24.0. The number of fused-ring (bicyclic) bond motifs is 1. The summed E-state index contributed by atoms with van der Waals surface area (Å²) < 4.78 is 26.4. The molecule has 0 aliphatic rings. The average molecular weight is 410 g/mol. The van der Waals surface area contributed by atoms with Crippen molar-refractivity contribution < 1.29 is 13.6 Å². The fourth-order valence-electron chi connectivity index (χ4n) is 2.96. The van der Waals surface area contributed by atoms with Crippen molar-refractivity contribution in [3.8, 4) is 11.1 Å². The molecule has 0 saturated carbocycles. The molecule has 1 amide bonds. The number of carbonyl (C=O) groups is 1. The number of rotatable bonds is 5. The molecule has 146 valence electrons. The number of thioether (sulfide) groups is 1. The third kappa shape index (κ3) is 4.12. The van der Waals surface area contributed by atoms with Gasteiger partial charge in [-0.25, -0.2) is 18.7 Å². The van der Waals surface area contributed by atoms with E-state index in [1.54, 1.807) is 25.3 Å². The summed E-state index contributed by atoms with van der Waals surface area (Å²) in [5, 5.41) is 3.41. The first-order chi connectivity index (χ1) is 14.0. The molecule has 8 heteroatoms. The van der Waals surface area contributed by atoms with Gasteiger partial charge in [-0.15, -0.1) is 0 Å². The Balaban J connectivity index is 1.51. The van der Waals surface area contributed by atoms with Crippen LogP contribution in [0.2, 0.25) is 0 Å². The van der Waals surface area contributed by atoms with Gasteiger partial charge in [0, 0.05) is 17.4 Å². The van der Waals surface area contributed by atoms with Gasteiger partial charge in [0.25, 0.3) is 0 Å². The van der Waals surface area contributed by atoms with Crippen LogP contribution in [0.3, 0.4) is 0 Å². The molecular formula is C21H16F2N4OS. The second-order valence-corrected chi connectivity index (χ2v) is 7.37. The molecule has 0 spiro atoms. The maximum absolute atomic E-state index is 13.2. The Labute approximate surface area is 169 Å². The molecule has 0 aliphatic heterocycles. The van der Waals surface area contributed by atoms with Crippen LogP contribution in [0.15, 0.2) is 60.0 Å². The number of halogens is 2. The lowest BCUT2D eigenvalue weighted by atomic mass is 10.1. The predicted molar refractivity (Wildman–Crippen MR) is 110 cm³/mol. The molecule has 0 saturated heterocycles. The van der Waals surface area contributed by atoms with E-state index in [1.807, 2.05) is 0 Å². The van der Waals surface area contributed by atoms with Crippen LogP contribution in [0.5, 0.6) is 0 Å². The second-order valence-electron chi connectivity index (χ2n) is 6.41. The Kier molecular flexibility index (Phi) is 5.26. The molecular weight excluding hydrogens is 394 g/mol. The molecule has 2 aromatic carbocycles. The number of hydrogen-bond donors (Lipinski definition) is 2. The van der Waals surface area contributed by atoms with E-state index in [4.69, 9.17) is 0 Å². The fraction of sp³-hybridized carbons (Fsp3) is 0.0952. The molecule has 2 N–H and O–H groups in total. The van der Waals surface area contributed by atoms with E-state index in [-0.39, 0.29) is 23.3 Å². The van der Waals surface area contributed by atoms with Crippen molar-refractivity contribution in [3.63, 3.8) is 0 Å². The van der Waals surface area contributed by atoms with Crippen molar-refractivity contribution in [2.75, 3.05) is 11.1 Å². The summed E-state index contributed by atoms with van der Waals surface area (Å²) in [7, 11) is 0. The standard InChI is InChI=1S/C21H16F2N4OS/c1-12-8-15(23)6-7-17(12)27-18(28)10-29-21-20-19(25-11-26-21)16(9-24-20)13-2-4-14(22)5-3-13/h2-9,11,24H,10H2,1H3,(H,27,28). The summed E-state index contributed by atoms with van der Waals surface area (Å²) in [5.41, 5.74) is 4.29. The first-order valence-corrected chi connectivity index (χ1v) is 9.76. The van der Waals surface area contributed by atoms with Gasteiger partial charge in [0.1, 0.15) is 28.5 Å². The van der Waals surface area contributed by atoms with E-state index in [0.29, 0.717) is 27.3 Å². The minimum atomic E-state index is -0.345. The maximum atomic E-state index is 13.2. The lowest BCUT2D eigenvalue weighted by Crippen LogP contribution is -2.15. The largest absolute Gasteiger partial charge is 0.357 e. The Morgan fingerprint density at radius 3 is 2.62 bits per heavy atom. The van der Waals surface area contributed by atoms with E-state index < -0.39 is 0 Å². The summed E-state index contributed by atoms with van der Waals surface area (Å²) in [6, 6.07) is 10.4. The number of hydrogen-bond acceptors (Lipinski definition) is 4. The molecule has 0 aliphatic carbocycles. The van der Waals surface area contributed by atoms with Crippen LogP contribution in [0.25, 0.3) is 22.2 Å². The van der Waals surface area contributed by atoms with Crippen LogP contribution >= 0.6 is 11.8 Å². The smallest absolute Gasteiger partial charge is 0.234 e. The third-order valence-corrected chi connectivity index (χ3v) is 5.38. The highest BCUT2D eigenvalue weighted by atomic mass is 32.2. The van der Waals surface area contributed by atoms with Gasteiger partial charge in [-0.3, -0.25) is 4.79 Å². The van der Waals surface area contributed by atoms with E-state index in [0.717, 1.165) is 11.1 Å². The lowest BCUT2D eigenvalue weighted by Gasteiger charge is -2.08. The molecule has 4 aromatic rings. The van der Waals surface area contributed by atoms with Gasteiger partial charge in [-0.2, -0.15) is 0 Å². The zero-order valence-corrected chi connectivity index (χ0v) is 16.2. The third-order valence-electron chi connectivity index (χ3n) is 4.39. The molecule has 0 bridgehead atoms. The molecule has 2 aromatic heterocycles. The number of amides is 1. The second kappa shape index (κ2) is 8.00. The quantitative estimate of drug-likeness (QED) is 0.361. The Morgan fingerprint density at radius 2 is 1.86 bits per heavy atom. The SMILES string of the molecule is Cc1cc(F)ccc1NC(=O)CSc1ncnc2c(-c3ccc(F)cc3)c[nH]c12. The van der Waals surface area contributed by atoms with E-state index in [1.165, 1.54) is 48.4 Å². The monoisotopic (exact) mass is 410 g/mol. The van der Waals surface area contributed by atoms with Crippen molar-refractivity contribution in [1.82, 2.24) is 15.0 Å². The van der Waals surface area contributed by atoms with Gasteiger partial charge >= 0.3 is 0 Å². The molecule has 0 unspecified atom stereocenters. The van der Waals surface area contributed by atoms with Gasteiger partial charge in [-0.1, -0.05) is 23.9 Å². The minimum Gasteiger partial charge on any atom is -0.357 e. The van der Waals surface area contributed by atoms with Gasteiger partial charge in [0.05, 0.1) is 11.3 Å². The van der Waals surface area contributed by atoms with E-state index >= 15 is 0 Å². The highest BCUT2D eigenvalue weighted by Gasteiger charge is 2.14. The average Bonchev–Trinajstić information content (AvgIpc) is 3.14. The van der Waals surface area contributed by atoms with Crippen LogP contribution < -0.4 is 5.32 Å². The summed E-state index contributed by atoms with van der Waals surface area (Å²) in [6.07, 6.45) is 3.23. The molecule has 0 atom stereocenters. The highest BCUT2D eigenvalue weighted by Crippen LogP contribution is 2.31. The number of nitrogens with one attached hydrogen (secondary N) is 2. The summed E-state index contributed by atoms with van der Waals surface area (Å²) in [6.45, 7) is 1.73. The van der Waals surface area contributed by atoms with Crippen LogP contribution in [0.1, 0.15) is 5.56 Å². The van der Waals surface area contributed by atoms with Crippen molar-refractivity contribution >= 4 is 34.4 Å². The molecule has 2 heterocycles. The molecule has 29 heavy (non-hydrogen) atoms. The van der Waals surface area contributed by atoms with Gasteiger partial charge in [0.15, 0.2) is 0 Å². The van der Waals surface area contributed by atoms with E-state index in [9.17, 15) is 13.6 Å². The fourth-order valence-corrected chi connectivity index (χ4v) is 3.72. The van der Waals surface area contributed by atoms with Crippen LogP contribution in [0, 0.1) is 18.6 Å². The first-order valence-electron chi connectivity index (χ1n) is 8.78.